The first kappa shape index (κ1) is 19.5. The molecule has 0 heterocycles. The quantitative estimate of drug-likeness (QED) is 0.829. The van der Waals surface area contributed by atoms with Crippen molar-refractivity contribution < 1.29 is 13.2 Å². The van der Waals surface area contributed by atoms with Crippen molar-refractivity contribution in [1.82, 2.24) is 5.32 Å². The summed E-state index contributed by atoms with van der Waals surface area (Å²) in [5, 5.41) is 2.95. The molecule has 0 aliphatic carbocycles. The van der Waals surface area contributed by atoms with Crippen LogP contribution >= 0.6 is 0 Å². The number of sulfonamides is 1. The summed E-state index contributed by atoms with van der Waals surface area (Å²) < 4.78 is 25.2. The maximum atomic E-state index is 12.3. The first-order valence-corrected chi connectivity index (χ1v) is 9.71. The Bertz CT molecular complexity index is 614. The Kier molecular flexibility index (Phi) is 6.62. The van der Waals surface area contributed by atoms with Crippen LogP contribution in [0.4, 0.5) is 5.69 Å². The van der Waals surface area contributed by atoms with E-state index in [9.17, 15) is 13.2 Å². The summed E-state index contributed by atoms with van der Waals surface area (Å²) in [4.78, 5) is 12.3. The van der Waals surface area contributed by atoms with Gasteiger partial charge < -0.3 is 5.32 Å². The second kappa shape index (κ2) is 7.81. The molecule has 1 rings (SSSR count). The molecule has 0 fully saturated rings. The van der Waals surface area contributed by atoms with Crippen LogP contribution in [0.5, 0.6) is 0 Å². The lowest BCUT2D eigenvalue weighted by atomic mass is 9.93. The molecule has 1 aromatic rings. The molecule has 0 saturated carbocycles. The zero-order chi connectivity index (χ0) is 17.8. The van der Waals surface area contributed by atoms with Crippen molar-refractivity contribution in [3.05, 3.63) is 29.8 Å². The molecule has 0 bridgehead atoms. The largest absolute Gasteiger partial charge is 0.351 e. The lowest BCUT2D eigenvalue weighted by Gasteiger charge is -2.28. The molecule has 0 atom stereocenters. The van der Waals surface area contributed by atoms with Crippen molar-refractivity contribution >= 4 is 21.6 Å². The number of nitrogens with zero attached hydrogens (tertiary/aromatic N) is 1. The van der Waals surface area contributed by atoms with Crippen LogP contribution in [0.25, 0.3) is 0 Å². The van der Waals surface area contributed by atoms with Gasteiger partial charge in [-0.2, -0.15) is 0 Å². The molecular formula is C17H28N2O3S. The summed E-state index contributed by atoms with van der Waals surface area (Å²) in [6.07, 6.45) is 1.11. The van der Waals surface area contributed by atoms with E-state index in [1.54, 1.807) is 12.1 Å². The number of carbonyl (C=O) groups excluding carboxylic acids is 1. The van der Waals surface area contributed by atoms with E-state index in [4.69, 9.17) is 0 Å². The molecule has 0 radical (unpaired) electrons. The van der Waals surface area contributed by atoms with Gasteiger partial charge in [0.2, 0.25) is 15.9 Å². The molecule has 0 unspecified atom stereocenters. The van der Waals surface area contributed by atoms with Gasteiger partial charge in [0, 0.05) is 6.04 Å². The fourth-order valence-electron chi connectivity index (χ4n) is 2.58. The Labute approximate surface area is 140 Å². The van der Waals surface area contributed by atoms with Crippen LogP contribution in [0.2, 0.25) is 0 Å². The smallest absolute Gasteiger partial charge is 0.241 e. The Hall–Kier alpha value is -1.56. The van der Waals surface area contributed by atoms with E-state index in [-0.39, 0.29) is 30.3 Å². The van der Waals surface area contributed by atoms with Crippen molar-refractivity contribution in [2.24, 2.45) is 11.8 Å². The Balaban J connectivity index is 2.95. The van der Waals surface area contributed by atoms with Gasteiger partial charge in [-0.3, -0.25) is 9.10 Å². The molecule has 0 saturated heterocycles. The van der Waals surface area contributed by atoms with E-state index in [2.05, 4.69) is 5.32 Å². The van der Waals surface area contributed by atoms with E-state index in [1.807, 2.05) is 46.8 Å². The average Bonchev–Trinajstić information content (AvgIpc) is 2.41. The highest BCUT2D eigenvalue weighted by molar-refractivity contribution is 7.92. The fourth-order valence-corrected chi connectivity index (χ4v) is 3.43. The predicted octanol–water partition coefficient (Wildman–Crippen LogP) is 2.56. The number of hydrogen-bond donors (Lipinski definition) is 1. The zero-order valence-corrected chi connectivity index (χ0v) is 15.6. The first-order valence-electron chi connectivity index (χ1n) is 7.86. The molecule has 6 heteroatoms. The number of benzene rings is 1. The number of nitrogens with one attached hydrogen (secondary N) is 1. The Morgan fingerprint density at radius 1 is 1.09 bits per heavy atom. The van der Waals surface area contributed by atoms with Crippen LogP contribution in [0, 0.1) is 18.8 Å². The summed E-state index contributed by atoms with van der Waals surface area (Å²) in [5.41, 5.74) is 1.53. The van der Waals surface area contributed by atoms with Gasteiger partial charge in [0.15, 0.2) is 0 Å². The van der Waals surface area contributed by atoms with E-state index in [1.165, 1.54) is 0 Å². The standard InChI is InChI=1S/C17H28N2O3S/c1-12(2)17(13(3)4)18-16(20)11-19(23(6,21)22)15-9-7-14(5)8-10-15/h7-10,12-13,17H,11H2,1-6H3,(H,18,20). The number of hydrogen-bond acceptors (Lipinski definition) is 3. The first-order chi connectivity index (χ1) is 10.5. The van der Waals surface area contributed by atoms with Crippen molar-refractivity contribution in [1.29, 1.82) is 0 Å². The normalized spacial score (nSPS) is 12.0. The highest BCUT2D eigenvalue weighted by Gasteiger charge is 2.24. The molecule has 0 spiro atoms. The topological polar surface area (TPSA) is 66.5 Å². The van der Waals surface area contributed by atoms with Gasteiger partial charge >= 0.3 is 0 Å². The molecular weight excluding hydrogens is 312 g/mol. The van der Waals surface area contributed by atoms with Crippen LogP contribution in [-0.2, 0) is 14.8 Å². The minimum Gasteiger partial charge on any atom is -0.351 e. The van der Waals surface area contributed by atoms with Crippen LogP contribution in [0.3, 0.4) is 0 Å². The van der Waals surface area contributed by atoms with Crippen molar-refractivity contribution in [3.8, 4) is 0 Å². The van der Waals surface area contributed by atoms with Crippen LogP contribution in [-0.4, -0.2) is 33.2 Å². The lowest BCUT2D eigenvalue weighted by Crippen LogP contribution is -2.47. The third-order valence-electron chi connectivity index (χ3n) is 3.77. The number of amides is 1. The van der Waals surface area contributed by atoms with Crippen molar-refractivity contribution in [3.63, 3.8) is 0 Å². The molecule has 1 amide bonds. The van der Waals surface area contributed by atoms with Gasteiger partial charge in [-0.15, -0.1) is 0 Å². The second-order valence-electron chi connectivity index (χ2n) is 6.69. The van der Waals surface area contributed by atoms with Gasteiger partial charge in [-0.05, 0) is 30.9 Å². The van der Waals surface area contributed by atoms with E-state index < -0.39 is 10.0 Å². The number of anilines is 1. The highest BCUT2D eigenvalue weighted by atomic mass is 32.2. The van der Waals surface area contributed by atoms with Gasteiger partial charge in [0.05, 0.1) is 11.9 Å². The van der Waals surface area contributed by atoms with E-state index >= 15 is 0 Å². The predicted molar refractivity (Wildman–Crippen MR) is 95.0 cm³/mol. The van der Waals surface area contributed by atoms with Gasteiger partial charge in [-0.25, -0.2) is 8.42 Å². The van der Waals surface area contributed by atoms with Gasteiger partial charge in [0.25, 0.3) is 0 Å². The van der Waals surface area contributed by atoms with E-state index in [0.29, 0.717) is 5.69 Å². The molecule has 0 aliphatic rings. The number of aryl methyl sites for hydroxylation is 1. The summed E-state index contributed by atoms with van der Waals surface area (Å²) in [6, 6.07) is 7.10. The monoisotopic (exact) mass is 340 g/mol. The summed E-state index contributed by atoms with van der Waals surface area (Å²) in [5.74, 6) is 0.276. The molecule has 1 aromatic carbocycles. The van der Waals surface area contributed by atoms with Crippen LogP contribution in [0.1, 0.15) is 33.3 Å². The third kappa shape index (κ3) is 5.86. The molecule has 0 aromatic heterocycles. The SMILES string of the molecule is Cc1ccc(N(CC(=O)NC(C(C)C)C(C)C)S(C)(=O)=O)cc1. The summed E-state index contributed by atoms with van der Waals surface area (Å²) >= 11 is 0. The minimum atomic E-state index is -3.53. The molecule has 0 aliphatic heterocycles. The number of carbonyl (C=O) groups is 1. The maximum absolute atomic E-state index is 12.3. The fraction of sp³-hybridized carbons (Fsp3) is 0.588. The second-order valence-corrected chi connectivity index (χ2v) is 8.59. The van der Waals surface area contributed by atoms with Crippen molar-refractivity contribution in [2.75, 3.05) is 17.1 Å². The van der Waals surface area contributed by atoms with E-state index in [0.717, 1.165) is 16.1 Å². The average molecular weight is 340 g/mol. The van der Waals surface area contributed by atoms with Crippen molar-refractivity contribution in [2.45, 2.75) is 40.7 Å². The maximum Gasteiger partial charge on any atom is 0.241 e. The molecule has 130 valence electrons. The van der Waals surface area contributed by atoms with Crippen LogP contribution < -0.4 is 9.62 Å². The molecule has 1 N–H and O–H groups in total. The Morgan fingerprint density at radius 2 is 1.57 bits per heavy atom. The van der Waals surface area contributed by atoms with Crippen LogP contribution in [0.15, 0.2) is 24.3 Å². The molecule has 5 nitrogen and oxygen atoms in total. The lowest BCUT2D eigenvalue weighted by molar-refractivity contribution is -0.121. The number of rotatable bonds is 7. The van der Waals surface area contributed by atoms with Gasteiger partial charge in [-0.1, -0.05) is 45.4 Å². The Morgan fingerprint density at radius 3 is 1.96 bits per heavy atom. The molecule has 23 heavy (non-hydrogen) atoms. The summed E-state index contributed by atoms with van der Waals surface area (Å²) in [6.45, 7) is 9.88. The zero-order valence-electron chi connectivity index (χ0n) is 14.8. The third-order valence-corrected chi connectivity index (χ3v) is 4.91. The highest BCUT2D eigenvalue weighted by Crippen LogP contribution is 2.18. The van der Waals surface area contributed by atoms with Gasteiger partial charge in [0.1, 0.15) is 6.54 Å². The summed E-state index contributed by atoms with van der Waals surface area (Å²) in [7, 11) is -3.53. The minimum absolute atomic E-state index is 0.0157.